The molecule has 1 heterocycles. The SMILES string of the molecule is CCn1c(Cc2cccc3ccccc23)nnc1SCC(=O)Nc1cccc(C)c1C. The average molecular weight is 431 g/mol. The van der Waals surface area contributed by atoms with Crippen LogP contribution in [0, 0.1) is 13.8 Å². The number of amides is 1. The first-order chi connectivity index (χ1) is 15.1. The second-order valence-electron chi connectivity index (χ2n) is 7.54. The molecule has 0 aliphatic carbocycles. The normalized spacial score (nSPS) is 11.1. The Bertz CT molecular complexity index is 1230. The minimum Gasteiger partial charge on any atom is -0.325 e. The lowest BCUT2D eigenvalue weighted by atomic mass is 10.0. The van der Waals surface area contributed by atoms with E-state index >= 15 is 0 Å². The van der Waals surface area contributed by atoms with E-state index in [0.717, 1.165) is 34.3 Å². The summed E-state index contributed by atoms with van der Waals surface area (Å²) in [5.74, 6) is 1.16. The highest BCUT2D eigenvalue weighted by Crippen LogP contribution is 2.24. The van der Waals surface area contributed by atoms with Crippen molar-refractivity contribution in [1.82, 2.24) is 14.8 Å². The molecule has 0 bridgehead atoms. The molecule has 158 valence electrons. The Morgan fingerprint density at radius 3 is 2.61 bits per heavy atom. The van der Waals surface area contributed by atoms with E-state index in [1.807, 2.05) is 32.0 Å². The number of aromatic nitrogens is 3. The molecule has 0 atom stereocenters. The number of benzene rings is 3. The van der Waals surface area contributed by atoms with Gasteiger partial charge in [0.1, 0.15) is 5.82 Å². The van der Waals surface area contributed by atoms with E-state index in [0.29, 0.717) is 12.2 Å². The van der Waals surface area contributed by atoms with Crippen molar-refractivity contribution in [1.29, 1.82) is 0 Å². The number of fused-ring (bicyclic) bond motifs is 1. The van der Waals surface area contributed by atoms with Gasteiger partial charge < -0.3 is 9.88 Å². The van der Waals surface area contributed by atoms with Crippen LogP contribution < -0.4 is 5.32 Å². The van der Waals surface area contributed by atoms with Gasteiger partial charge in [-0.15, -0.1) is 10.2 Å². The van der Waals surface area contributed by atoms with Gasteiger partial charge in [0, 0.05) is 18.7 Å². The van der Waals surface area contributed by atoms with Crippen LogP contribution in [0.1, 0.15) is 29.4 Å². The van der Waals surface area contributed by atoms with Crippen molar-refractivity contribution in [2.24, 2.45) is 0 Å². The number of hydrogen-bond acceptors (Lipinski definition) is 4. The van der Waals surface area contributed by atoms with Gasteiger partial charge in [0.25, 0.3) is 0 Å². The van der Waals surface area contributed by atoms with Crippen molar-refractivity contribution in [3.63, 3.8) is 0 Å². The second kappa shape index (κ2) is 9.35. The highest BCUT2D eigenvalue weighted by molar-refractivity contribution is 7.99. The standard InChI is InChI=1S/C25H26N4OS/c1-4-29-23(15-20-12-8-11-19-10-5-6-13-21(19)20)27-28-25(29)31-16-24(30)26-22-14-7-9-17(2)18(22)3/h5-14H,4,15-16H2,1-3H3,(H,26,30). The third-order valence-corrected chi connectivity index (χ3v) is 6.52. The number of carbonyl (C=O) groups excluding carboxylic acids is 1. The summed E-state index contributed by atoms with van der Waals surface area (Å²) in [5.41, 5.74) is 4.34. The summed E-state index contributed by atoms with van der Waals surface area (Å²) in [6.45, 7) is 6.90. The molecule has 0 saturated carbocycles. The molecule has 6 heteroatoms. The number of anilines is 1. The van der Waals surface area contributed by atoms with Crippen LogP contribution >= 0.6 is 11.8 Å². The van der Waals surface area contributed by atoms with Crippen molar-refractivity contribution in [2.75, 3.05) is 11.1 Å². The number of nitrogens with zero attached hydrogens (tertiary/aromatic N) is 3. The summed E-state index contributed by atoms with van der Waals surface area (Å²) in [5, 5.41) is 15.0. The fourth-order valence-corrected chi connectivity index (χ4v) is 4.52. The molecule has 0 saturated heterocycles. The van der Waals surface area contributed by atoms with Crippen LogP contribution in [0.2, 0.25) is 0 Å². The van der Waals surface area contributed by atoms with Gasteiger partial charge in [0.15, 0.2) is 5.16 Å². The molecule has 0 aliphatic rings. The molecule has 4 rings (SSSR count). The molecule has 0 fully saturated rings. The van der Waals surface area contributed by atoms with Crippen molar-refractivity contribution < 1.29 is 4.79 Å². The van der Waals surface area contributed by atoms with Gasteiger partial charge in [-0.1, -0.05) is 66.4 Å². The minimum atomic E-state index is -0.0417. The molecular formula is C25H26N4OS. The number of rotatable bonds is 7. The molecule has 0 aliphatic heterocycles. The molecule has 4 aromatic rings. The first-order valence-corrected chi connectivity index (χ1v) is 11.4. The quantitative estimate of drug-likeness (QED) is 0.399. The van der Waals surface area contributed by atoms with Crippen molar-refractivity contribution in [2.45, 2.75) is 38.9 Å². The smallest absolute Gasteiger partial charge is 0.234 e. The van der Waals surface area contributed by atoms with Crippen LogP contribution in [-0.4, -0.2) is 26.4 Å². The zero-order valence-corrected chi connectivity index (χ0v) is 18.9. The van der Waals surface area contributed by atoms with Gasteiger partial charge in [0.2, 0.25) is 5.91 Å². The predicted molar refractivity (Wildman–Crippen MR) is 128 cm³/mol. The lowest BCUT2D eigenvalue weighted by molar-refractivity contribution is -0.113. The largest absolute Gasteiger partial charge is 0.325 e. The van der Waals surface area contributed by atoms with Crippen LogP contribution in [0.25, 0.3) is 10.8 Å². The molecule has 31 heavy (non-hydrogen) atoms. The van der Waals surface area contributed by atoms with Gasteiger partial charge in [-0.3, -0.25) is 4.79 Å². The van der Waals surface area contributed by atoms with E-state index in [1.165, 1.54) is 28.1 Å². The number of aryl methyl sites for hydroxylation is 1. The zero-order valence-electron chi connectivity index (χ0n) is 18.1. The number of carbonyl (C=O) groups is 1. The molecular weight excluding hydrogens is 404 g/mol. The molecule has 1 aromatic heterocycles. The van der Waals surface area contributed by atoms with Crippen LogP contribution in [0.5, 0.6) is 0 Å². The molecule has 5 nitrogen and oxygen atoms in total. The molecule has 0 unspecified atom stereocenters. The molecule has 0 spiro atoms. The highest BCUT2D eigenvalue weighted by atomic mass is 32.2. The Kier molecular flexibility index (Phi) is 6.37. The first kappa shape index (κ1) is 21.1. The fourth-order valence-electron chi connectivity index (χ4n) is 3.69. The molecule has 1 N–H and O–H groups in total. The van der Waals surface area contributed by atoms with Gasteiger partial charge in [-0.05, 0) is 54.3 Å². The second-order valence-corrected chi connectivity index (χ2v) is 8.48. The van der Waals surface area contributed by atoms with E-state index in [2.05, 4.69) is 69.5 Å². The summed E-state index contributed by atoms with van der Waals surface area (Å²) in [4.78, 5) is 12.5. The van der Waals surface area contributed by atoms with E-state index in [1.54, 1.807) is 0 Å². The summed E-state index contributed by atoms with van der Waals surface area (Å²) in [6.07, 6.45) is 0.706. The number of hydrogen-bond donors (Lipinski definition) is 1. The van der Waals surface area contributed by atoms with Gasteiger partial charge in [-0.2, -0.15) is 0 Å². The van der Waals surface area contributed by atoms with E-state index in [9.17, 15) is 4.79 Å². The van der Waals surface area contributed by atoms with Crippen LogP contribution in [0.3, 0.4) is 0 Å². The maximum atomic E-state index is 12.5. The lowest BCUT2D eigenvalue weighted by Crippen LogP contribution is -2.15. The Hall–Kier alpha value is -3.12. The van der Waals surface area contributed by atoms with Crippen molar-refractivity contribution >= 4 is 34.1 Å². The van der Waals surface area contributed by atoms with E-state index < -0.39 is 0 Å². The minimum absolute atomic E-state index is 0.0417. The molecule has 3 aromatic carbocycles. The third-order valence-electron chi connectivity index (χ3n) is 5.55. The van der Waals surface area contributed by atoms with Crippen LogP contribution in [-0.2, 0) is 17.8 Å². The van der Waals surface area contributed by atoms with E-state index in [4.69, 9.17) is 0 Å². The number of nitrogens with one attached hydrogen (secondary N) is 1. The van der Waals surface area contributed by atoms with Gasteiger partial charge in [0.05, 0.1) is 5.75 Å². The van der Waals surface area contributed by atoms with Crippen molar-refractivity contribution in [3.05, 3.63) is 83.2 Å². The Balaban J connectivity index is 1.47. The fraction of sp³-hybridized carbons (Fsp3) is 0.240. The lowest BCUT2D eigenvalue weighted by Gasteiger charge is -2.11. The van der Waals surface area contributed by atoms with Crippen LogP contribution in [0.4, 0.5) is 5.69 Å². The third kappa shape index (κ3) is 4.64. The van der Waals surface area contributed by atoms with Crippen molar-refractivity contribution in [3.8, 4) is 0 Å². The molecule has 1 amide bonds. The maximum absolute atomic E-state index is 12.5. The Morgan fingerprint density at radius 1 is 1.00 bits per heavy atom. The summed E-state index contributed by atoms with van der Waals surface area (Å²) >= 11 is 1.42. The first-order valence-electron chi connectivity index (χ1n) is 10.4. The highest BCUT2D eigenvalue weighted by Gasteiger charge is 2.15. The van der Waals surface area contributed by atoms with Gasteiger partial charge >= 0.3 is 0 Å². The average Bonchev–Trinajstić information content (AvgIpc) is 3.17. The topological polar surface area (TPSA) is 59.8 Å². The maximum Gasteiger partial charge on any atom is 0.234 e. The predicted octanol–water partition coefficient (Wildman–Crippen LogP) is 5.39. The summed E-state index contributed by atoms with van der Waals surface area (Å²) in [6, 6.07) is 20.7. The summed E-state index contributed by atoms with van der Waals surface area (Å²) in [7, 11) is 0. The number of thioether (sulfide) groups is 1. The summed E-state index contributed by atoms with van der Waals surface area (Å²) < 4.78 is 2.09. The Labute approximate surface area is 186 Å². The molecule has 0 radical (unpaired) electrons. The Morgan fingerprint density at radius 2 is 1.77 bits per heavy atom. The van der Waals surface area contributed by atoms with Crippen LogP contribution in [0.15, 0.2) is 65.8 Å². The zero-order chi connectivity index (χ0) is 21.8. The monoisotopic (exact) mass is 430 g/mol. The van der Waals surface area contributed by atoms with E-state index in [-0.39, 0.29) is 5.91 Å². The van der Waals surface area contributed by atoms with Gasteiger partial charge in [-0.25, -0.2) is 0 Å².